The van der Waals surface area contributed by atoms with Crippen LogP contribution in [-0.4, -0.2) is 20.5 Å². The number of thiophene rings is 1. The van der Waals surface area contributed by atoms with Gasteiger partial charge in [-0.25, -0.2) is 9.78 Å². The number of aromatic nitrogens is 2. The maximum Gasteiger partial charge on any atom is 0.356 e. The smallest absolute Gasteiger partial charge is 0.356 e. The van der Waals surface area contributed by atoms with Crippen LogP contribution in [0.3, 0.4) is 0 Å². The first-order valence-corrected chi connectivity index (χ1v) is 6.73. The molecule has 1 N–H and O–H groups in total. The summed E-state index contributed by atoms with van der Waals surface area (Å²) in [7, 11) is 0. The number of fused-ring (bicyclic) bond motifs is 1. The van der Waals surface area contributed by atoms with Gasteiger partial charge in [-0.2, -0.15) is 0 Å². The monoisotopic (exact) mass is 292 g/mol. The molecule has 0 amide bonds. The topological polar surface area (TPSA) is 54.6 Å². The molecular formula is C13H9ClN2O2S. The van der Waals surface area contributed by atoms with E-state index in [1.165, 1.54) is 11.3 Å². The molecule has 3 rings (SSSR count). The summed E-state index contributed by atoms with van der Waals surface area (Å²) in [4.78, 5) is 16.4. The zero-order valence-corrected chi connectivity index (χ0v) is 11.5. The Kier molecular flexibility index (Phi) is 2.80. The Morgan fingerprint density at radius 3 is 2.84 bits per heavy atom. The SMILES string of the molecule is Cc1ccn2c(-c3ccc(Cl)s3)nc(C(=O)O)c2c1. The first kappa shape index (κ1) is 12.2. The Morgan fingerprint density at radius 1 is 1.42 bits per heavy atom. The van der Waals surface area contributed by atoms with Crippen LogP contribution in [0.4, 0.5) is 0 Å². The van der Waals surface area contributed by atoms with Crippen molar-refractivity contribution in [1.82, 2.24) is 9.38 Å². The molecule has 0 saturated heterocycles. The minimum absolute atomic E-state index is 0.0585. The van der Waals surface area contributed by atoms with E-state index in [0.717, 1.165) is 10.4 Å². The molecule has 3 aromatic rings. The average Bonchev–Trinajstić information content (AvgIpc) is 2.92. The Balaban J connectivity index is 2.34. The fourth-order valence-electron chi connectivity index (χ4n) is 1.96. The number of imidazole rings is 1. The number of rotatable bonds is 2. The number of hydrogen-bond donors (Lipinski definition) is 1. The second kappa shape index (κ2) is 4.36. The molecule has 4 nitrogen and oxygen atoms in total. The van der Waals surface area contributed by atoms with Crippen LogP contribution in [0.1, 0.15) is 16.1 Å². The lowest BCUT2D eigenvalue weighted by atomic mass is 10.2. The molecule has 3 heterocycles. The Bertz CT molecular complexity index is 791. The lowest BCUT2D eigenvalue weighted by Crippen LogP contribution is -1.97. The maximum atomic E-state index is 11.3. The van der Waals surface area contributed by atoms with Crippen LogP contribution < -0.4 is 0 Å². The van der Waals surface area contributed by atoms with Crippen LogP contribution in [0.2, 0.25) is 4.34 Å². The number of carboxylic acid groups (broad SMARTS) is 1. The summed E-state index contributed by atoms with van der Waals surface area (Å²) in [5.41, 5.74) is 1.64. The predicted octanol–water partition coefficient (Wildman–Crippen LogP) is 3.72. The maximum absolute atomic E-state index is 11.3. The third-order valence-electron chi connectivity index (χ3n) is 2.80. The van der Waals surface area contributed by atoms with E-state index >= 15 is 0 Å². The van der Waals surface area contributed by atoms with Crippen LogP contribution >= 0.6 is 22.9 Å². The summed E-state index contributed by atoms with van der Waals surface area (Å²) in [6.45, 7) is 1.92. The second-order valence-corrected chi connectivity index (χ2v) is 5.87. The highest BCUT2D eigenvalue weighted by atomic mass is 35.5. The average molecular weight is 293 g/mol. The third kappa shape index (κ3) is 2.01. The van der Waals surface area contributed by atoms with Crippen LogP contribution in [-0.2, 0) is 0 Å². The molecule has 0 saturated carbocycles. The minimum atomic E-state index is -1.03. The number of pyridine rings is 1. The van der Waals surface area contributed by atoms with E-state index in [4.69, 9.17) is 11.6 Å². The molecule has 0 unspecified atom stereocenters. The van der Waals surface area contributed by atoms with E-state index in [0.29, 0.717) is 15.7 Å². The van der Waals surface area contributed by atoms with E-state index in [-0.39, 0.29) is 5.69 Å². The van der Waals surface area contributed by atoms with E-state index in [1.807, 2.05) is 31.3 Å². The Hall–Kier alpha value is -1.85. The van der Waals surface area contributed by atoms with Gasteiger partial charge in [0.2, 0.25) is 0 Å². The molecule has 0 spiro atoms. The molecule has 0 aliphatic carbocycles. The molecule has 0 aromatic carbocycles. The highest BCUT2D eigenvalue weighted by Gasteiger charge is 2.18. The molecule has 0 aliphatic heterocycles. The summed E-state index contributed by atoms with van der Waals surface area (Å²) >= 11 is 7.30. The largest absolute Gasteiger partial charge is 0.476 e. The van der Waals surface area contributed by atoms with Gasteiger partial charge in [-0.15, -0.1) is 11.3 Å². The third-order valence-corrected chi connectivity index (χ3v) is 4.02. The van der Waals surface area contributed by atoms with Crippen LogP contribution in [0.5, 0.6) is 0 Å². The zero-order valence-electron chi connectivity index (χ0n) is 9.92. The Labute approximate surface area is 117 Å². The fraction of sp³-hybridized carbons (Fsp3) is 0.0769. The highest BCUT2D eigenvalue weighted by molar-refractivity contribution is 7.19. The molecule has 0 atom stereocenters. The predicted molar refractivity (Wildman–Crippen MR) is 75.2 cm³/mol. The molecule has 0 aliphatic rings. The summed E-state index contributed by atoms with van der Waals surface area (Å²) in [6, 6.07) is 7.35. The Morgan fingerprint density at radius 2 is 2.21 bits per heavy atom. The van der Waals surface area contributed by atoms with Gasteiger partial charge in [0.15, 0.2) is 11.5 Å². The van der Waals surface area contributed by atoms with Crippen molar-refractivity contribution in [2.75, 3.05) is 0 Å². The normalized spacial score (nSPS) is 11.1. The number of carbonyl (C=O) groups is 1. The van der Waals surface area contributed by atoms with Gasteiger partial charge in [-0.05, 0) is 36.8 Å². The number of carboxylic acids is 1. The molecule has 0 radical (unpaired) electrons. The van der Waals surface area contributed by atoms with Gasteiger partial charge in [-0.1, -0.05) is 11.6 Å². The van der Waals surface area contributed by atoms with Gasteiger partial charge < -0.3 is 5.11 Å². The van der Waals surface area contributed by atoms with Crippen LogP contribution in [0, 0.1) is 6.92 Å². The van der Waals surface area contributed by atoms with Crippen molar-refractivity contribution in [3.05, 3.63) is 46.1 Å². The zero-order chi connectivity index (χ0) is 13.6. The van der Waals surface area contributed by atoms with Crippen molar-refractivity contribution in [2.24, 2.45) is 0 Å². The van der Waals surface area contributed by atoms with E-state index in [2.05, 4.69) is 4.98 Å². The molecule has 0 fully saturated rings. The van der Waals surface area contributed by atoms with E-state index < -0.39 is 5.97 Å². The van der Waals surface area contributed by atoms with Gasteiger partial charge >= 0.3 is 5.97 Å². The first-order chi connectivity index (χ1) is 9.06. The molecule has 0 bridgehead atoms. The van der Waals surface area contributed by atoms with Crippen molar-refractivity contribution in [3.63, 3.8) is 0 Å². The number of halogens is 1. The number of aromatic carboxylic acids is 1. The van der Waals surface area contributed by atoms with Crippen molar-refractivity contribution >= 4 is 34.4 Å². The van der Waals surface area contributed by atoms with Crippen molar-refractivity contribution in [3.8, 4) is 10.7 Å². The first-order valence-electron chi connectivity index (χ1n) is 5.54. The lowest BCUT2D eigenvalue weighted by molar-refractivity contribution is 0.0693. The van der Waals surface area contributed by atoms with Crippen LogP contribution in [0.15, 0.2) is 30.5 Å². The van der Waals surface area contributed by atoms with Gasteiger partial charge in [0.25, 0.3) is 0 Å². The van der Waals surface area contributed by atoms with Crippen LogP contribution in [0.25, 0.3) is 16.2 Å². The van der Waals surface area contributed by atoms with Crippen molar-refractivity contribution < 1.29 is 9.90 Å². The van der Waals surface area contributed by atoms with Gasteiger partial charge in [0.1, 0.15) is 0 Å². The van der Waals surface area contributed by atoms with E-state index in [1.54, 1.807) is 10.5 Å². The molecule has 3 aromatic heterocycles. The summed E-state index contributed by atoms with van der Waals surface area (Å²) < 4.78 is 2.43. The summed E-state index contributed by atoms with van der Waals surface area (Å²) in [5.74, 6) is -0.429. The fourth-order valence-corrected chi connectivity index (χ4v) is 2.99. The van der Waals surface area contributed by atoms with Gasteiger partial charge in [0, 0.05) is 6.20 Å². The standard InChI is InChI=1S/C13H9ClN2O2S/c1-7-4-5-16-8(6-7)11(13(17)18)15-12(16)9-2-3-10(14)19-9/h2-6H,1H3,(H,17,18). The highest BCUT2D eigenvalue weighted by Crippen LogP contribution is 2.31. The molecule has 19 heavy (non-hydrogen) atoms. The quantitative estimate of drug-likeness (QED) is 0.783. The second-order valence-electron chi connectivity index (χ2n) is 4.15. The van der Waals surface area contributed by atoms with Gasteiger partial charge in [0.05, 0.1) is 14.7 Å². The summed E-state index contributed by atoms with van der Waals surface area (Å²) in [6.07, 6.45) is 1.83. The number of aryl methyl sites for hydroxylation is 1. The molecule has 6 heteroatoms. The molecular weight excluding hydrogens is 284 g/mol. The summed E-state index contributed by atoms with van der Waals surface area (Å²) in [5, 5.41) is 9.24. The lowest BCUT2D eigenvalue weighted by Gasteiger charge is -1.99. The number of nitrogens with zero attached hydrogens (tertiary/aromatic N) is 2. The minimum Gasteiger partial charge on any atom is -0.476 e. The van der Waals surface area contributed by atoms with Gasteiger partial charge in [-0.3, -0.25) is 4.40 Å². The molecule has 96 valence electrons. The number of hydrogen-bond acceptors (Lipinski definition) is 3. The van der Waals surface area contributed by atoms with Crippen molar-refractivity contribution in [2.45, 2.75) is 6.92 Å². The van der Waals surface area contributed by atoms with Crippen molar-refractivity contribution in [1.29, 1.82) is 0 Å². The van der Waals surface area contributed by atoms with E-state index in [9.17, 15) is 9.90 Å².